The van der Waals surface area contributed by atoms with E-state index in [2.05, 4.69) is 0 Å². The Labute approximate surface area is 50.8 Å². The van der Waals surface area contributed by atoms with Gasteiger partial charge in [-0.05, 0) is 13.3 Å². The second-order valence-electron chi connectivity index (χ2n) is 1.45. The molecule has 0 spiro atoms. The van der Waals surface area contributed by atoms with E-state index in [1.807, 2.05) is 13.8 Å². The summed E-state index contributed by atoms with van der Waals surface area (Å²) >= 11 is 0. The van der Waals surface area contributed by atoms with Crippen molar-refractivity contribution in [3.8, 4) is 0 Å². The van der Waals surface area contributed by atoms with Crippen LogP contribution in [0.25, 0.3) is 0 Å². The molecule has 0 aliphatic rings. The Balaban J connectivity index is 3.07. The van der Waals surface area contributed by atoms with E-state index in [9.17, 15) is 0 Å². The lowest BCUT2D eigenvalue weighted by Gasteiger charge is -2.10. The van der Waals surface area contributed by atoms with Gasteiger partial charge in [-0.15, -0.1) is 0 Å². The zero-order valence-corrected chi connectivity index (χ0v) is 5.68. The highest BCUT2D eigenvalue weighted by Crippen LogP contribution is 1.98. The zero-order valence-electron chi connectivity index (χ0n) is 5.68. The van der Waals surface area contributed by atoms with Crippen LogP contribution in [-0.2, 0) is 9.47 Å². The van der Waals surface area contributed by atoms with Gasteiger partial charge in [0.1, 0.15) is 0 Å². The average Bonchev–Trinajstić information content (AvgIpc) is 1.83. The molecule has 2 heteroatoms. The normalized spacial score (nSPS) is 13.9. The molecule has 1 radical (unpaired) electrons. The average molecular weight is 117 g/mol. The smallest absolute Gasteiger partial charge is 0.157 e. The van der Waals surface area contributed by atoms with Gasteiger partial charge in [-0.25, -0.2) is 0 Å². The van der Waals surface area contributed by atoms with Crippen LogP contribution in [0.5, 0.6) is 0 Å². The van der Waals surface area contributed by atoms with Crippen molar-refractivity contribution in [2.75, 3.05) is 7.11 Å². The van der Waals surface area contributed by atoms with Gasteiger partial charge in [0.2, 0.25) is 0 Å². The Kier molecular flexibility index (Phi) is 5.01. The molecule has 1 atom stereocenters. The van der Waals surface area contributed by atoms with Gasteiger partial charge in [0.05, 0.1) is 6.61 Å². The molecule has 0 bridgehead atoms. The third kappa shape index (κ3) is 2.99. The first-order valence-electron chi connectivity index (χ1n) is 2.81. The van der Waals surface area contributed by atoms with Crippen molar-refractivity contribution >= 4 is 0 Å². The van der Waals surface area contributed by atoms with Crippen LogP contribution in [0.4, 0.5) is 0 Å². The van der Waals surface area contributed by atoms with Crippen LogP contribution in [0.2, 0.25) is 0 Å². The summed E-state index contributed by atoms with van der Waals surface area (Å²) in [5.74, 6) is 0. The van der Waals surface area contributed by atoms with E-state index >= 15 is 0 Å². The molecule has 8 heavy (non-hydrogen) atoms. The van der Waals surface area contributed by atoms with E-state index in [-0.39, 0.29) is 6.29 Å². The van der Waals surface area contributed by atoms with E-state index in [1.165, 1.54) is 0 Å². The molecule has 49 valence electrons. The fourth-order valence-electron chi connectivity index (χ4n) is 0.470. The van der Waals surface area contributed by atoms with E-state index in [0.717, 1.165) is 6.42 Å². The summed E-state index contributed by atoms with van der Waals surface area (Å²) in [6.07, 6.45) is 0.834. The van der Waals surface area contributed by atoms with Gasteiger partial charge in [-0.3, -0.25) is 0 Å². The van der Waals surface area contributed by atoms with E-state index in [4.69, 9.17) is 9.47 Å². The molecule has 0 saturated heterocycles. The second kappa shape index (κ2) is 5.06. The molecule has 0 amide bonds. The van der Waals surface area contributed by atoms with Crippen molar-refractivity contribution in [3.05, 3.63) is 6.61 Å². The lowest BCUT2D eigenvalue weighted by Crippen LogP contribution is -2.10. The first kappa shape index (κ1) is 7.92. The van der Waals surface area contributed by atoms with Gasteiger partial charge < -0.3 is 9.47 Å². The van der Waals surface area contributed by atoms with Gasteiger partial charge in [0.25, 0.3) is 0 Å². The highest BCUT2D eigenvalue weighted by atomic mass is 16.7. The molecule has 1 unspecified atom stereocenters. The van der Waals surface area contributed by atoms with Crippen LogP contribution in [0, 0.1) is 6.61 Å². The number of rotatable bonds is 4. The molecule has 0 saturated carbocycles. The van der Waals surface area contributed by atoms with Gasteiger partial charge in [-0.1, -0.05) is 6.92 Å². The number of methoxy groups -OCH3 is 1. The minimum Gasteiger partial charge on any atom is -0.356 e. The summed E-state index contributed by atoms with van der Waals surface area (Å²) < 4.78 is 9.88. The molecule has 0 aromatic carbocycles. The van der Waals surface area contributed by atoms with E-state index in [1.54, 1.807) is 13.7 Å². The van der Waals surface area contributed by atoms with Gasteiger partial charge >= 0.3 is 0 Å². The van der Waals surface area contributed by atoms with E-state index < -0.39 is 0 Å². The number of hydrogen-bond acceptors (Lipinski definition) is 2. The largest absolute Gasteiger partial charge is 0.356 e. The minimum atomic E-state index is -0.0556. The highest BCUT2D eigenvalue weighted by molar-refractivity contribution is 4.41. The summed E-state index contributed by atoms with van der Waals surface area (Å²) in [5.41, 5.74) is 0. The fourth-order valence-corrected chi connectivity index (χ4v) is 0.470. The topological polar surface area (TPSA) is 18.5 Å². The standard InChI is InChI=1S/C6H13O2/c1-4-6(7-3)8-5-2/h5-6H,4H2,1-3H3. The van der Waals surface area contributed by atoms with Crippen LogP contribution < -0.4 is 0 Å². The van der Waals surface area contributed by atoms with Crippen LogP contribution in [0.1, 0.15) is 20.3 Å². The maximum Gasteiger partial charge on any atom is 0.157 e. The molecule has 0 heterocycles. The molecule has 2 nitrogen and oxygen atoms in total. The van der Waals surface area contributed by atoms with Gasteiger partial charge in [0, 0.05) is 7.11 Å². The summed E-state index contributed by atoms with van der Waals surface area (Å²) in [6.45, 7) is 5.48. The van der Waals surface area contributed by atoms with E-state index in [0.29, 0.717) is 0 Å². The van der Waals surface area contributed by atoms with Crippen molar-refractivity contribution in [2.24, 2.45) is 0 Å². The summed E-state index contributed by atoms with van der Waals surface area (Å²) in [4.78, 5) is 0. The van der Waals surface area contributed by atoms with Crippen molar-refractivity contribution in [1.82, 2.24) is 0 Å². The van der Waals surface area contributed by atoms with Crippen LogP contribution in [-0.4, -0.2) is 13.4 Å². The first-order chi connectivity index (χ1) is 3.85. The molecular weight excluding hydrogens is 104 g/mol. The number of hydrogen-bond donors (Lipinski definition) is 0. The van der Waals surface area contributed by atoms with Crippen LogP contribution in [0.15, 0.2) is 0 Å². The summed E-state index contributed by atoms with van der Waals surface area (Å²) in [7, 11) is 1.64. The van der Waals surface area contributed by atoms with Crippen molar-refractivity contribution < 1.29 is 9.47 Å². The fraction of sp³-hybridized carbons (Fsp3) is 0.833. The van der Waals surface area contributed by atoms with Gasteiger partial charge in [0.15, 0.2) is 6.29 Å². The van der Waals surface area contributed by atoms with Crippen molar-refractivity contribution in [1.29, 1.82) is 0 Å². The molecule has 0 fully saturated rings. The Morgan fingerprint density at radius 3 is 2.38 bits per heavy atom. The molecule has 0 N–H and O–H groups in total. The Hall–Kier alpha value is -0.0800. The van der Waals surface area contributed by atoms with Gasteiger partial charge in [-0.2, -0.15) is 0 Å². The van der Waals surface area contributed by atoms with Crippen molar-refractivity contribution in [2.45, 2.75) is 26.6 Å². The molecular formula is C6H13O2. The molecule has 0 aliphatic carbocycles. The molecule has 0 aromatic heterocycles. The minimum absolute atomic E-state index is 0.0556. The third-order valence-corrected chi connectivity index (χ3v) is 0.884. The Morgan fingerprint density at radius 2 is 2.25 bits per heavy atom. The number of ether oxygens (including phenoxy) is 2. The summed E-state index contributed by atoms with van der Waals surface area (Å²) in [5, 5.41) is 0. The monoisotopic (exact) mass is 117 g/mol. The molecule has 0 aromatic rings. The van der Waals surface area contributed by atoms with Crippen LogP contribution in [0.3, 0.4) is 0 Å². The predicted molar refractivity (Wildman–Crippen MR) is 32.1 cm³/mol. The van der Waals surface area contributed by atoms with Crippen molar-refractivity contribution in [3.63, 3.8) is 0 Å². The molecule has 0 aliphatic heterocycles. The SMILES string of the molecule is C[CH]OC(CC)OC. The first-order valence-corrected chi connectivity index (χ1v) is 2.81. The highest BCUT2D eigenvalue weighted by Gasteiger charge is 1.99. The Morgan fingerprint density at radius 1 is 1.62 bits per heavy atom. The second-order valence-corrected chi connectivity index (χ2v) is 1.45. The Bertz CT molecular complexity index is 41.8. The quantitative estimate of drug-likeness (QED) is 0.520. The van der Waals surface area contributed by atoms with Crippen LogP contribution >= 0.6 is 0 Å². The zero-order chi connectivity index (χ0) is 6.41. The lowest BCUT2D eigenvalue weighted by atomic mass is 10.5. The summed E-state index contributed by atoms with van der Waals surface area (Å²) in [6, 6.07) is 0. The predicted octanol–water partition coefficient (Wildman–Crippen LogP) is 1.57. The third-order valence-electron chi connectivity index (χ3n) is 0.884. The maximum absolute atomic E-state index is 4.99. The lowest BCUT2D eigenvalue weighted by molar-refractivity contribution is -0.0987. The maximum atomic E-state index is 4.99. The molecule has 0 rings (SSSR count).